The first-order valence-corrected chi connectivity index (χ1v) is 13.7. The summed E-state index contributed by atoms with van der Waals surface area (Å²) in [5.74, 6) is 1.36. The average molecular weight is 533 g/mol. The van der Waals surface area contributed by atoms with E-state index in [9.17, 15) is 13.5 Å². The van der Waals surface area contributed by atoms with Crippen LogP contribution in [0.15, 0.2) is 70.1 Å². The zero-order chi connectivity index (χ0) is 26.9. The van der Waals surface area contributed by atoms with Crippen molar-refractivity contribution >= 4 is 33.4 Å². The van der Waals surface area contributed by atoms with Crippen molar-refractivity contribution in [3.05, 3.63) is 77.8 Å². The van der Waals surface area contributed by atoms with Crippen LogP contribution in [-0.4, -0.2) is 46.0 Å². The summed E-state index contributed by atoms with van der Waals surface area (Å²) >= 11 is 0. The molecule has 0 radical (unpaired) electrons. The molecule has 1 aliphatic rings. The number of rotatable bonds is 7. The first-order valence-electron chi connectivity index (χ1n) is 12.1. The van der Waals surface area contributed by atoms with Gasteiger partial charge in [0.15, 0.2) is 9.84 Å². The normalized spacial score (nSPS) is 15.1. The van der Waals surface area contributed by atoms with Crippen LogP contribution >= 0.6 is 0 Å². The number of aromatic nitrogens is 4. The standard InChI is InChI=1S/C27H28N6O4S/c1-27(2,3)25-33-32-24(37-25)20-15-28-26(31-23(20)30-21(16-34)17-8-5-4-6-9-17)29-19-11-12-22-18(14-19)10-7-13-38(22,35)36/h4-12,14-15,21,34H,13,16H2,1-3H3,(H2,28,29,30,31)/t21-/m1/s1. The smallest absolute Gasteiger partial charge is 0.253 e. The Bertz CT molecular complexity index is 1590. The molecule has 0 aliphatic carbocycles. The maximum Gasteiger partial charge on any atom is 0.253 e. The van der Waals surface area contributed by atoms with E-state index < -0.39 is 15.9 Å². The summed E-state index contributed by atoms with van der Waals surface area (Å²) < 4.78 is 30.6. The average Bonchev–Trinajstić information content (AvgIpc) is 3.39. The molecule has 0 unspecified atom stereocenters. The number of sulfone groups is 1. The Kier molecular flexibility index (Phi) is 6.72. The lowest BCUT2D eigenvalue weighted by Crippen LogP contribution is -2.17. The van der Waals surface area contributed by atoms with Crippen molar-refractivity contribution in [1.29, 1.82) is 0 Å². The van der Waals surface area contributed by atoms with Crippen molar-refractivity contribution in [2.24, 2.45) is 0 Å². The van der Waals surface area contributed by atoms with E-state index in [1.165, 1.54) is 0 Å². The van der Waals surface area contributed by atoms with Gasteiger partial charge in [-0.3, -0.25) is 0 Å². The molecule has 0 saturated heterocycles. The van der Waals surface area contributed by atoms with Crippen LogP contribution in [0.3, 0.4) is 0 Å². The van der Waals surface area contributed by atoms with Gasteiger partial charge < -0.3 is 20.2 Å². The number of aliphatic hydroxyl groups excluding tert-OH is 1. The molecule has 0 fully saturated rings. The number of aliphatic hydroxyl groups is 1. The van der Waals surface area contributed by atoms with Gasteiger partial charge in [0, 0.05) is 17.3 Å². The Balaban J connectivity index is 1.51. The van der Waals surface area contributed by atoms with Crippen LogP contribution in [0.4, 0.5) is 17.5 Å². The molecule has 0 bridgehead atoms. The molecule has 2 aromatic heterocycles. The fraction of sp³-hybridized carbons (Fsp3) is 0.259. The molecule has 1 aliphatic heterocycles. The van der Waals surface area contributed by atoms with E-state index in [0.717, 1.165) is 5.56 Å². The molecule has 0 amide bonds. The molecular formula is C27H28N6O4S. The third-order valence-corrected chi connectivity index (χ3v) is 7.67. The zero-order valence-electron chi connectivity index (χ0n) is 21.2. The summed E-state index contributed by atoms with van der Waals surface area (Å²) in [4.78, 5) is 9.40. The van der Waals surface area contributed by atoms with Crippen molar-refractivity contribution in [1.82, 2.24) is 20.2 Å². The van der Waals surface area contributed by atoms with Gasteiger partial charge in [-0.2, -0.15) is 4.98 Å². The van der Waals surface area contributed by atoms with Gasteiger partial charge in [0.25, 0.3) is 5.89 Å². The molecule has 3 heterocycles. The highest BCUT2D eigenvalue weighted by Crippen LogP contribution is 2.32. The number of nitrogens with one attached hydrogen (secondary N) is 2. The van der Waals surface area contributed by atoms with Gasteiger partial charge in [-0.15, -0.1) is 10.2 Å². The second kappa shape index (κ2) is 9.99. The summed E-state index contributed by atoms with van der Waals surface area (Å²) in [6.45, 7) is 5.74. The van der Waals surface area contributed by atoms with E-state index in [2.05, 4.69) is 30.8 Å². The molecule has 0 saturated carbocycles. The minimum absolute atomic E-state index is 0.00752. The lowest BCUT2D eigenvalue weighted by molar-refractivity contribution is 0.276. The molecule has 196 valence electrons. The molecule has 2 aromatic carbocycles. The van der Waals surface area contributed by atoms with Crippen LogP contribution in [0.1, 0.15) is 43.8 Å². The Labute approximate surface area is 220 Å². The molecular weight excluding hydrogens is 504 g/mol. The van der Waals surface area contributed by atoms with Crippen LogP contribution in [-0.2, 0) is 15.3 Å². The maximum absolute atomic E-state index is 12.3. The Hall–Kier alpha value is -4.09. The maximum atomic E-state index is 12.3. The number of anilines is 3. The van der Waals surface area contributed by atoms with Gasteiger partial charge >= 0.3 is 0 Å². The van der Waals surface area contributed by atoms with Crippen LogP contribution in [0, 0.1) is 0 Å². The highest BCUT2D eigenvalue weighted by molar-refractivity contribution is 7.91. The predicted molar refractivity (Wildman–Crippen MR) is 145 cm³/mol. The van der Waals surface area contributed by atoms with Crippen molar-refractivity contribution in [2.75, 3.05) is 23.0 Å². The van der Waals surface area contributed by atoms with E-state index in [1.54, 1.807) is 36.5 Å². The van der Waals surface area contributed by atoms with Crippen molar-refractivity contribution in [2.45, 2.75) is 37.1 Å². The highest BCUT2D eigenvalue weighted by Gasteiger charge is 2.25. The number of nitrogens with zero attached hydrogens (tertiary/aromatic N) is 4. The van der Waals surface area contributed by atoms with E-state index in [4.69, 9.17) is 4.42 Å². The Morgan fingerprint density at radius 2 is 1.89 bits per heavy atom. The molecule has 10 nitrogen and oxygen atoms in total. The third-order valence-electron chi connectivity index (χ3n) is 6.00. The highest BCUT2D eigenvalue weighted by atomic mass is 32.2. The first-order chi connectivity index (χ1) is 18.1. The fourth-order valence-corrected chi connectivity index (χ4v) is 5.28. The summed E-state index contributed by atoms with van der Waals surface area (Å²) in [5.41, 5.74) is 2.23. The van der Waals surface area contributed by atoms with Gasteiger partial charge in [0.05, 0.1) is 28.9 Å². The van der Waals surface area contributed by atoms with Crippen molar-refractivity contribution in [3.8, 4) is 11.5 Å². The monoisotopic (exact) mass is 532 g/mol. The van der Waals surface area contributed by atoms with E-state index in [-0.39, 0.29) is 29.6 Å². The lowest BCUT2D eigenvalue weighted by atomic mass is 9.97. The van der Waals surface area contributed by atoms with Crippen LogP contribution in [0.25, 0.3) is 17.5 Å². The largest absolute Gasteiger partial charge is 0.420 e. The summed E-state index contributed by atoms with van der Waals surface area (Å²) in [5, 5.41) is 25.0. The van der Waals surface area contributed by atoms with Gasteiger partial charge in [-0.25, -0.2) is 13.4 Å². The fourth-order valence-electron chi connectivity index (χ4n) is 3.99. The summed E-state index contributed by atoms with van der Waals surface area (Å²) in [7, 11) is -3.33. The SMILES string of the molecule is CC(C)(C)c1nnc(-c2cnc(Nc3ccc4c(c3)C=CCS4(=O)=O)nc2N[C@H](CO)c2ccccc2)o1. The first kappa shape index (κ1) is 25.6. The molecule has 5 rings (SSSR count). The second-order valence-corrected chi connectivity index (χ2v) is 12.0. The number of fused-ring (bicyclic) bond motifs is 1. The second-order valence-electron chi connectivity index (χ2n) is 9.97. The topological polar surface area (TPSA) is 143 Å². The third kappa shape index (κ3) is 5.29. The lowest BCUT2D eigenvalue weighted by Gasteiger charge is -2.19. The molecule has 38 heavy (non-hydrogen) atoms. The molecule has 4 aromatic rings. The summed E-state index contributed by atoms with van der Waals surface area (Å²) in [6, 6.07) is 14.0. The van der Waals surface area contributed by atoms with Crippen LogP contribution in [0.2, 0.25) is 0 Å². The van der Waals surface area contributed by atoms with E-state index in [0.29, 0.717) is 33.4 Å². The molecule has 3 N–H and O–H groups in total. The Morgan fingerprint density at radius 3 is 2.61 bits per heavy atom. The minimum Gasteiger partial charge on any atom is -0.420 e. The predicted octanol–water partition coefficient (Wildman–Crippen LogP) is 4.51. The number of benzene rings is 2. The quantitative estimate of drug-likeness (QED) is 0.311. The van der Waals surface area contributed by atoms with Gasteiger partial charge in [0.1, 0.15) is 5.82 Å². The van der Waals surface area contributed by atoms with E-state index in [1.807, 2.05) is 51.1 Å². The zero-order valence-corrected chi connectivity index (χ0v) is 22.0. The molecule has 0 spiro atoms. The van der Waals surface area contributed by atoms with Gasteiger partial charge in [0.2, 0.25) is 11.8 Å². The molecule has 1 atom stereocenters. The minimum atomic E-state index is -3.33. The van der Waals surface area contributed by atoms with Crippen LogP contribution in [0.5, 0.6) is 0 Å². The number of hydrogen-bond acceptors (Lipinski definition) is 10. The van der Waals surface area contributed by atoms with Crippen LogP contribution < -0.4 is 10.6 Å². The Morgan fingerprint density at radius 1 is 1.11 bits per heavy atom. The van der Waals surface area contributed by atoms with E-state index >= 15 is 0 Å². The van der Waals surface area contributed by atoms with Gasteiger partial charge in [-0.05, 0) is 29.3 Å². The van der Waals surface area contributed by atoms with Crippen molar-refractivity contribution in [3.63, 3.8) is 0 Å². The van der Waals surface area contributed by atoms with Crippen molar-refractivity contribution < 1.29 is 17.9 Å². The van der Waals surface area contributed by atoms with Gasteiger partial charge in [-0.1, -0.05) is 63.3 Å². The number of hydrogen-bond donors (Lipinski definition) is 3. The summed E-state index contributed by atoms with van der Waals surface area (Å²) in [6.07, 6.45) is 4.98. The molecule has 11 heteroatoms.